The number of carbonyl (C=O) groups is 1. The molecular weight excluding hydrogens is 282 g/mol. The molecule has 0 bridgehead atoms. The number of ether oxygens (including phenoxy) is 2. The highest BCUT2D eigenvalue weighted by Gasteiger charge is 2.36. The number of rotatable bonds is 2. The fourth-order valence-corrected chi connectivity index (χ4v) is 2.75. The van der Waals surface area contributed by atoms with Crippen molar-refractivity contribution in [2.75, 3.05) is 13.7 Å². The van der Waals surface area contributed by atoms with Crippen LogP contribution in [-0.4, -0.2) is 34.3 Å². The first kappa shape index (κ1) is 13.3. The van der Waals surface area contributed by atoms with Gasteiger partial charge in [0.15, 0.2) is 11.5 Å². The molecule has 0 N–H and O–H groups in total. The zero-order chi connectivity index (χ0) is 14.3. The third kappa shape index (κ3) is 1.96. The van der Waals surface area contributed by atoms with Gasteiger partial charge in [0.2, 0.25) is 0 Å². The highest BCUT2D eigenvalue weighted by atomic mass is 35.5. The van der Waals surface area contributed by atoms with Crippen LogP contribution in [0.1, 0.15) is 35.9 Å². The van der Waals surface area contributed by atoms with Crippen LogP contribution in [0.5, 0.6) is 0 Å². The molecule has 1 aliphatic rings. The van der Waals surface area contributed by atoms with Gasteiger partial charge in [0, 0.05) is 12.8 Å². The van der Waals surface area contributed by atoms with Crippen molar-refractivity contribution in [3.05, 3.63) is 28.7 Å². The predicted octanol–water partition coefficient (Wildman–Crippen LogP) is 2.19. The number of nitrogens with zero attached hydrogens (tertiary/aromatic N) is 3. The minimum Gasteiger partial charge on any atom is -0.465 e. The maximum atomic E-state index is 11.7. The zero-order valence-corrected chi connectivity index (χ0v) is 12.0. The van der Waals surface area contributed by atoms with E-state index in [4.69, 9.17) is 21.1 Å². The molecule has 2 aromatic heterocycles. The molecule has 0 saturated carbocycles. The first-order valence-corrected chi connectivity index (χ1v) is 6.70. The number of hydrogen-bond acceptors (Lipinski definition) is 5. The second kappa shape index (κ2) is 4.71. The lowest BCUT2D eigenvalue weighted by atomic mass is 10.0. The first-order chi connectivity index (χ1) is 9.55. The van der Waals surface area contributed by atoms with Gasteiger partial charge in [-0.3, -0.25) is 4.40 Å². The Morgan fingerprint density at radius 3 is 3.00 bits per heavy atom. The van der Waals surface area contributed by atoms with Crippen molar-refractivity contribution in [2.24, 2.45) is 0 Å². The summed E-state index contributed by atoms with van der Waals surface area (Å²) in [5.74, 6) is 0.198. The van der Waals surface area contributed by atoms with E-state index in [1.807, 2.05) is 6.92 Å². The van der Waals surface area contributed by atoms with Gasteiger partial charge in [-0.05, 0) is 25.8 Å². The summed E-state index contributed by atoms with van der Waals surface area (Å²) in [6.07, 6.45) is 3.46. The lowest BCUT2D eigenvalue weighted by molar-refractivity contribution is 0.00849. The molecule has 20 heavy (non-hydrogen) atoms. The molecule has 1 aliphatic heterocycles. The van der Waals surface area contributed by atoms with E-state index in [0.29, 0.717) is 28.7 Å². The van der Waals surface area contributed by atoms with Crippen LogP contribution in [0, 0.1) is 0 Å². The normalized spacial score (nSPS) is 22.4. The number of carbonyl (C=O) groups excluding carboxylic acids is 1. The van der Waals surface area contributed by atoms with E-state index in [1.165, 1.54) is 13.2 Å². The van der Waals surface area contributed by atoms with E-state index < -0.39 is 11.6 Å². The molecule has 3 heterocycles. The molecule has 1 atom stereocenters. The summed E-state index contributed by atoms with van der Waals surface area (Å²) in [6.45, 7) is 2.66. The molecule has 1 unspecified atom stereocenters. The lowest BCUT2D eigenvalue weighted by Gasteiger charge is -2.20. The minimum atomic E-state index is -0.502. The number of methoxy groups -OCH3 is 1. The van der Waals surface area contributed by atoms with Crippen LogP contribution in [0.15, 0.2) is 12.3 Å². The quantitative estimate of drug-likeness (QED) is 0.795. The van der Waals surface area contributed by atoms with Crippen molar-refractivity contribution in [1.29, 1.82) is 0 Å². The van der Waals surface area contributed by atoms with Gasteiger partial charge >= 0.3 is 5.97 Å². The molecule has 2 aromatic rings. The Kier molecular flexibility index (Phi) is 3.14. The van der Waals surface area contributed by atoms with Gasteiger partial charge < -0.3 is 9.47 Å². The van der Waals surface area contributed by atoms with E-state index in [1.54, 1.807) is 10.6 Å². The van der Waals surface area contributed by atoms with Gasteiger partial charge in [0.25, 0.3) is 0 Å². The molecule has 0 aliphatic carbocycles. The van der Waals surface area contributed by atoms with Crippen molar-refractivity contribution in [2.45, 2.75) is 25.4 Å². The highest BCUT2D eigenvalue weighted by molar-refractivity contribution is 6.33. The van der Waals surface area contributed by atoms with E-state index in [0.717, 1.165) is 12.8 Å². The van der Waals surface area contributed by atoms with Gasteiger partial charge in [0.05, 0.1) is 17.7 Å². The zero-order valence-electron chi connectivity index (χ0n) is 11.2. The van der Waals surface area contributed by atoms with Crippen LogP contribution in [0.3, 0.4) is 0 Å². The third-order valence-corrected chi connectivity index (χ3v) is 3.85. The van der Waals surface area contributed by atoms with Gasteiger partial charge in [-0.1, -0.05) is 11.6 Å². The van der Waals surface area contributed by atoms with Crippen LogP contribution < -0.4 is 0 Å². The van der Waals surface area contributed by atoms with E-state index in [-0.39, 0.29) is 0 Å². The van der Waals surface area contributed by atoms with Crippen LogP contribution in [0.4, 0.5) is 0 Å². The van der Waals surface area contributed by atoms with Crippen LogP contribution in [0.25, 0.3) is 5.65 Å². The number of aromatic nitrogens is 3. The van der Waals surface area contributed by atoms with Gasteiger partial charge in [-0.2, -0.15) is 0 Å². The third-order valence-electron chi connectivity index (χ3n) is 3.57. The van der Waals surface area contributed by atoms with E-state index in [2.05, 4.69) is 10.2 Å². The molecule has 1 fully saturated rings. The molecule has 0 aromatic carbocycles. The Hall–Kier alpha value is -1.66. The van der Waals surface area contributed by atoms with Crippen molar-refractivity contribution in [1.82, 2.24) is 14.6 Å². The fourth-order valence-electron chi connectivity index (χ4n) is 2.50. The number of halogens is 1. The summed E-state index contributed by atoms with van der Waals surface area (Å²) in [6, 6.07) is 1.53. The predicted molar refractivity (Wildman–Crippen MR) is 71.9 cm³/mol. The molecule has 0 amide bonds. The van der Waals surface area contributed by atoms with Crippen LogP contribution in [0.2, 0.25) is 5.02 Å². The van der Waals surface area contributed by atoms with Crippen molar-refractivity contribution < 1.29 is 14.3 Å². The second-order valence-electron chi connectivity index (χ2n) is 4.97. The van der Waals surface area contributed by atoms with Gasteiger partial charge in [-0.25, -0.2) is 4.79 Å². The number of fused-ring (bicyclic) bond motifs is 1. The Bertz CT molecular complexity index is 677. The smallest absolute Gasteiger partial charge is 0.339 e. The fraction of sp³-hybridized carbons (Fsp3) is 0.462. The molecule has 3 rings (SSSR count). The van der Waals surface area contributed by atoms with Crippen molar-refractivity contribution in [3.8, 4) is 0 Å². The highest BCUT2D eigenvalue weighted by Crippen LogP contribution is 2.35. The monoisotopic (exact) mass is 295 g/mol. The standard InChI is InChI=1S/C13H14ClN3O3/c1-13(4-3-5-20-13)12-16-15-10-9(14)6-8(7-17(10)12)11(18)19-2/h6-7H,3-5H2,1-2H3. The number of hydrogen-bond donors (Lipinski definition) is 0. The summed E-state index contributed by atoms with van der Waals surface area (Å²) in [4.78, 5) is 11.7. The van der Waals surface area contributed by atoms with E-state index in [9.17, 15) is 4.79 Å². The Morgan fingerprint density at radius 1 is 1.55 bits per heavy atom. The number of pyridine rings is 1. The molecule has 106 valence electrons. The summed E-state index contributed by atoms with van der Waals surface area (Å²) in [7, 11) is 1.33. The molecule has 0 spiro atoms. The topological polar surface area (TPSA) is 65.7 Å². The lowest BCUT2D eigenvalue weighted by Crippen LogP contribution is -2.23. The first-order valence-electron chi connectivity index (χ1n) is 6.32. The maximum absolute atomic E-state index is 11.7. The molecule has 1 saturated heterocycles. The summed E-state index contributed by atoms with van der Waals surface area (Å²) in [5.41, 5.74) is 0.357. The average molecular weight is 296 g/mol. The Morgan fingerprint density at radius 2 is 2.35 bits per heavy atom. The van der Waals surface area contributed by atoms with Crippen LogP contribution >= 0.6 is 11.6 Å². The summed E-state index contributed by atoms with van der Waals surface area (Å²) in [5, 5.41) is 8.63. The van der Waals surface area contributed by atoms with Gasteiger partial charge in [0.1, 0.15) is 5.60 Å². The van der Waals surface area contributed by atoms with E-state index >= 15 is 0 Å². The SMILES string of the molecule is COC(=O)c1cc(Cl)c2nnc(C3(C)CCCO3)n2c1. The average Bonchev–Trinajstić information content (AvgIpc) is 3.05. The van der Waals surface area contributed by atoms with Crippen molar-refractivity contribution >= 4 is 23.2 Å². The molecular formula is C13H14ClN3O3. The maximum Gasteiger partial charge on any atom is 0.339 e. The molecule has 0 radical (unpaired) electrons. The molecule has 7 heteroatoms. The van der Waals surface area contributed by atoms with Crippen molar-refractivity contribution in [3.63, 3.8) is 0 Å². The molecule has 6 nitrogen and oxygen atoms in total. The van der Waals surface area contributed by atoms with Crippen LogP contribution in [-0.2, 0) is 15.1 Å². The second-order valence-corrected chi connectivity index (χ2v) is 5.38. The Balaban J connectivity index is 2.19. The number of esters is 1. The Labute approximate surface area is 120 Å². The summed E-state index contributed by atoms with van der Waals surface area (Å²) < 4.78 is 12.2. The van der Waals surface area contributed by atoms with Gasteiger partial charge in [-0.15, -0.1) is 10.2 Å². The summed E-state index contributed by atoms with van der Waals surface area (Å²) >= 11 is 6.16. The minimum absolute atomic E-state index is 0.354. The largest absolute Gasteiger partial charge is 0.465 e.